The van der Waals surface area contributed by atoms with Gasteiger partial charge in [0, 0.05) is 22.6 Å². The molecule has 1 aromatic heterocycles. The van der Waals surface area contributed by atoms with Crippen molar-refractivity contribution < 1.29 is 9.53 Å². The van der Waals surface area contributed by atoms with E-state index in [1.54, 1.807) is 19.2 Å². The van der Waals surface area contributed by atoms with Crippen LogP contribution in [0.2, 0.25) is 0 Å². The molecule has 0 N–H and O–H groups in total. The van der Waals surface area contributed by atoms with Crippen molar-refractivity contribution in [3.63, 3.8) is 0 Å². The number of halogens is 1. The van der Waals surface area contributed by atoms with Crippen LogP contribution < -0.4 is 5.43 Å². The fourth-order valence-corrected chi connectivity index (χ4v) is 3.26. The molecule has 1 aliphatic rings. The fourth-order valence-electron chi connectivity index (χ4n) is 2.75. The van der Waals surface area contributed by atoms with Gasteiger partial charge in [0.15, 0.2) is 0 Å². The minimum absolute atomic E-state index is 0.116. The Morgan fingerprint density at radius 2 is 2.25 bits per heavy atom. The number of ether oxygens (including phenoxy) is 1. The summed E-state index contributed by atoms with van der Waals surface area (Å²) in [6, 6.07) is 3.83. The lowest BCUT2D eigenvalue weighted by Gasteiger charge is -2.21. The molecule has 0 bridgehead atoms. The first kappa shape index (κ1) is 13.4. The molecule has 1 aromatic carbocycles. The quantitative estimate of drug-likeness (QED) is 0.793. The summed E-state index contributed by atoms with van der Waals surface area (Å²) in [4.78, 5) is 24.4. The number of carbonyl (C=O) groups is 1. The van der Waals surface area contributed by atoms with Crippen LogP contribution in [0.4, 0.5) is 0 Å². The van der Waals surface area contributed by atoms with Crippen LogP contribution in [-0.2, 0) is 17.7 Å². The van der Waals surface area contributed by atoms with E-state index in [1.807, 2.05) is 10.6 Å². The Morgan fingerprint density at radius 3 is 3.00 bits per heavy atom. The largest absolute Gasteiger partial charge is 0.462 e. The molecule has 0 spiro atoms. The van der Waals surface area contributed by atoms with Gasteiger partial charge in [-0.2, -0.15) is 0 Å². The van der Waals surface area contributed by atoms with Gasteiger partial charge in [0.1, 0.15) is 5.56 Å². The molecule has 3 rings (SSSR count). The molecular formula is C15H14BrNO3. The fraction of sp³-hybridized carbons (Fsp3) is 0.333. The van der Waals surface area contributed by atoms with Crippen LogP contribution in [0.3, 0.4) is 0 Å². The monoisotopic (exact) mass is 335 g/mol. The predicted octanol–water partition coefficient (Wildman–Crippen LogP) is 2.89. The zero-order chi connectivity index (χ0) is 14.3. The van der Waals surface area contributed by atoms with Gasteiger partial charge in [-0.1, -0.05) is 15.9 Å². The Hall–Kier alpha value is -1.62. The lowest BCUT2D eigenvalue weighted by Crippen LogP contribution is -2.23. The molecule has 5 heteroatoms. The normalized spacial score (nSPS) is 13.5. The minimum atomic E-state index is -0.546. The van der Waals surface area contributed by atoms with Gasteiger partial charge in [-0.15, -0.1) is 0 Å². The van der Waals surface area contributed by atoms with Crippen LogP contribution in [-0.4, -0.2) is 17.1 Å². The minimum Gasteiger partial charge on any atom is -0.462 e. The summed E-state index contributed by atoms with van der Waals surface area (Å²) in [6.07, 6.45) is 3.59. The summed E-state index contributed by atoms with van der Waals surface area (Å²) in [5.41, 5.74) is 1.95. The lowest BCUT2D eigenvalue weighted by atomic mass is 10.00. The molecule has 0 unspecified atom stereocenters. The van der Waals surface area contributed by atoms with Crippen LogP contribution >= 0.6 is 15.9 Å². The van der Waals surface area contributed by atoms with E-state index in [0.717, 1.165) is 34.9 Å². The number of carbonyl (C=O) groups excluding carboxylic acids is 1. The molecular weight excluding hydrogens is 322 g/mol. The first-order chi connectivity index (χ1) is 9.61. The van der Waals surface area contributed by atoms with Gasteiger partial charge in [-0.25, -0.2) is 4.79 Å². The Kier molecular flexibility index (Phi) is 3.38. The van der Waals surface area contributed by atoms with E-state index in [1.165, 1.54) is 0 Å². The van der Waals surface area contributed by atoms with Crippen molar-refractivity contribution in [2.75, 3.05) is 6.61 Å². The van der Waals surface area contributed by atoms with Gasteiger partial charge in [-0.05, 0) is 37.5 Å². The Bertz CT molecular complexity index is 764. The SMILES string of the molecule is CCOC(=O)c1cn2c3c(cc(Br)cc3c1=O)CCC2. The maximum atomic E-state index is 12.5. The number of benzene rings is 1. The highest BCUT2D eigenvalue weighted by molar-refractivity contribution is 9.10. The van der Waals surface area contributed by atoms with Gasteiger partial charge in [0.05, 0.1) is 12.1 Å². The number of rotatable bonds is 2. The van der Waals surface area contributed by atoms with E-state index in [4.69, 9.17) is 4.74 Å². The second-order valence-corrected chi connectivity index (χ2v) is 5.77. The van der Waals surface area contributed by atoms with Crippen molar-refractivity contribution in [2.45, 2.75) is 26.3 Å². The van der Waals surface area contributed by atoms with Crippen molar-refractivity contribution in [1.82, 2.24) is 4.57 Å². The topological polar surface area (TPSA) is 48.3 Å². The van der Waals surface area contributed by atoms with E-state index in [-0.39, 0.29) is 17.6 Å². The number of hydrogen-bond acceptors (Lipinski definition) is 3. The van der Waals surface area contributed by atoms with Crippen LogP contribution in [0.25, 0.3) is 10.9 Å². The maximum Gasteiger partial charge on any atom is 0.343 e. The molecule has 0 fully saturated rings. The van der Waals surface area contributed by atoms with Gasteiger partial charge >= 0.3 is 5.97 Å². The molecule has 1 aliphatic heterocycles. The number of nitrogens with zero attached hydrogens (tertiary/aromatic N) is 1. The smallest absolute Gasteiger partial charge is 0.343 e. The first-order valence-electron chi connectivity index (χ1n) is 6.64. The Labute approximate surface area is 124 Å². The molecule has 0 saturated heterocycles. The summed E-state index contributed by atoms with van der Waals surface area (Å²) in [7, 11) is 0. The molecule has 2 aromatic rings. The Balaban J connectivity index is 2.34. The van der Waals surface area contributed by atoms with E-state index < -0.39 is 5.97 Å². The Morgan fingerprint density at radius 1 is 1.45 bits per heavy atom. The maximum absolute atomic E-state index is 12.5. The molecule has 2 heterocycles. The summed E-state index contributed by atoms with van der Waals surface area (Å²) in [5.74, 6) is -0.546. The lowest BCUT2D eigenvalue weighted by molar-refractivity contribution is 0.0524. The molecule has 0 amide bonds. The predicted molar refractivity (Wildman–Crippen MR) is 80.2 cm³/mol. The number of aryl methyl sites for hydroxylation is 2. The molecule has 4 nitrogen and oxygen atoms in total. The summed E-state index contributed by atoms with van der Waals surface area (Å²) < 4.78 is 7.83. The highest BCUT2D eigenvalue weighted by atomic mass is 79.9. The number of pyridine rings is 1. The van der Waals surface area contributed by atoms with Gasteiger partial charge in [-0.3, -0.25) is 4.79 Å². The second kappa shape index (κ2) is 5.05. The molecule has 20 heavy (non-hydrogen) atoms. The number of hydrogen-bond donors (Lipinski definition) is 0. The molecule has 0 aliphatic carbocycles. The molecule has 0 radical (unpaired) electrons. The van der Waals surface area contributed by atoms with Crippen molar-refractivity contribution in [1.29, 1.82) is 0 Å². The average Bonchev–Trinajstić information content (AvgIpc) is 2.42. The van der Waals surface area contributed by atoms with E-state index in [9.17, 15) is 9.59 Å². The molecule has 0 atom stereocenters. The zero-order valence-corrected chi connectivity index (χ0v) is 12.7. The first-order valence-corrected chi connectivity index (χ1v) is 7.44. The third-order valence-corrected chi connectivity index (χ3v) is 4.01. The third-order valence-electron chi connectivity index (χ3n) is 3.56. The van der Waals surface area contributed by atoms with Crippen LogP contribution in [0, 0.1) is 0 Å². The molecule has 0 saturated carbocycles. The van der Waals surface area contributed by atoms with E-state index in [2.05, 4.69) is 15.9 Å². The van der Waals surface area contributed by atoms with Gasteiger partial charge in [0.25, 0.3) is 0 Å². The zero-order valence-electron chi connectivity index (χ0n) is 11.1. The van der Waals surface area contributed by atoms with Gasteiger partial charge < -0.3 is 9.30 Å². The van der Waals surface area contributed by atoms with Crippen molar-refractivity contribution in [3.05, 3.63) is 44.2 Å². The van der Waals surface area contributed by atoms with Crippen LogP contribution in [0.15, 0.2) is 27.6 Å². The van der Waals surface area contributed by atoms with Crippen molar-refractivity contribution in [2.24, 2.45) is 0 Å². The van der Waals surface area contributed by atoms with Gasteiger partial charge in [0.2, 0.25) is 5.43 Å². The highest BCUT2D eigenvalue weighted by Gasteiger charge is 2.20. The summed E-state index contributed by atoms with van der Waals surface area (Å²) in [5, 5.41) is 0.583. The summed E-state index contributed by atoms with van der Waals surface area (Å²) >= 11 is 3.43. The summed E-state index contributed by atoms with van der Waals surface area (Å²) in [6.45, 7) is 2.81. The number of aromatic nitrogens is 1. The highest BCUT2D eigenvalue weighted by Crippen LogP contribution is 2.27. The van der Waals surface area contributed by atoms with Crippen molar-refractivity contribution >= 4 is 32.8 Å². The van der Waals surface area contributed by atoms with E-state index >= 15 is 0 Å². The van der Waals surface area contributed by atoms with Crippen molar-refractivity contribution in [3.8, 4) is 0 Å². The van der Waals surface area contributed by atoms with E-state index in [0.29, 0.717) is 5.39 Å². The standard InChI is InChI=1S/C15H14BrNO3/c1-2-20-15(19)12-8-17-5-3-4-9-6-10(16)7-11(13(9)17)14(12)18/h6-8H,2-5H2,1H3. The second-order valence-electron chi connectivity index (χ2n) is 4.85. The van der Waals surface area contributed by atoms with Crippen LogP contribution in [0.5, 0.6) is 0 Å². The van der Waals surface area contributed by atoms with Crippen LogP contribution in [0.1, 0.15) is 29.3 Å². The molecule has 104 valence electrons. The number of esters is 1. The average molecular weight is 336 g/mol. The third kappa shape index (κ3) is 2.06.